The van der Waals surface area contributed by atoms with E-state index in [9.17, 15) is 0 Å². The number of benzene rings is 23. The highest BCUT2D eigenvalue weighted by molar-refractivity contribution is 6.18. The molecule has 6 nitrogen and oxygen atoms in total. The SMILES string of the molecule is c1ccc(-c2ccc(-n3c4ccc(-c5ccccc5)cc4c4cc(-c5ccc6c(c5)c5ccccc5n6-c5ccccc5)ccc43)cc2)cc1.c1ccc(-c2ccc3c(c2)c2cc(-c4ccc5c(c4)c4ccccc4n5-c4ccccc4)ccc2n3-c2cccc3ccccc23)cc1.c1ccc(-c2ccc3c(c2)c2cc(-c4ccc5c(c4)c4ccccc4n5-c4ccccc4)ccc2n3-c2ccccc2)cc1. The van der Waals surface area contributed by atoms with Crippen LogP contribution in [0.2, 0.25) is 0 Å². The quantitative estimate of drug-likeness (QED) is 0.110. The molecule has 29 rings (SSSR count). The second-order valence-corrected chi connectivity index (χ2v) is 37.0. The summed E-state index contributed by atoms with van der Waals surface area (Å²) in [7, 11) is 0. The average Bonchev–Trinajstić information content (AvgIpc) is 1.57. The minimum absolute atomic E-state index is 1.15. The highest BCUT2D eigenvalue weighted by Gasteiger charge is 2.24. The molecule has 6 heteroatoms. The summed E-state index contributed by atoms with van der Waals surface area (Å²) in [5.74, 6) is 0. The Kier molecular flexibility index (Phi) is 20.2. The fourth-order valence-electron chi connectivity index (χ4n) is 22.3. The number of nitrogens with zero attached hydrogens (tertiary/aromatic N) is 6. The Balaban J connectivity index is 0.000000107. The van der Waals surface area contributed by atoms with Gasteiger partial charge in [0.25, 0.3) is 0 Å². The number of fused-ring (bicyclic) bond motifs is 19. The molecule has 0 amide bonds. The molecular weight excluding hydrogens is 1720 g/mol. The van der Waals surface area contributed by atoms with E-state index >= 15 is 0 Å². The lowest BCUT2D eigenvalue weighted by atomic mass is 9.99. The summed E-state index contributed by atoms with van der Waals surface area (Å²) in [5.41, 5.74) is 38.6. The third-order valence-electron chi connectivity index (χ3n) is 28.9. The molecule has 6 aromatic heterocycles. The van der Waals surface area contributed by atoms with E-state index in [2.05, 4.69) is 573 Å². The molecule has 0 fully saturated rings. The summed E-state index contributed by atoms with van der Waals surface area (Å²) in [5, 5.41) is 17.6. The fourth-order valence-corrected chi connectivity index (χ4v) is 22.3. The topological polar surface area (TPSA) is 29.6 Å². The van der Waals surface area contributed by atoms with Crippen molar-refractivity contribution < 1.29 is 0 Å². The van der Waals surface area contributed by atoms with Gasteiger partial charge in [0.05, 0.1) is 71.9 Å². The predicted octanol–water partition coefficient (Wildman–Crippen LogP) is 36.5. The van der Waals surface area contributed by atoms with E-state index in [4.69, 9.17) is 0 Å². The van der Waals surface area contributed by atoms with Crippen molar-refractivity contribution in [1.82, 2.24) is 27.4 Å². The lowest BCUT2D eigenvalue weighted by molar-refractivity contribution is 1.18. The molecule has 0 atom stereocenters. The van der Waals surface area contributed by atoms with Gasteiger partial charge >= 0.3 is 0 Å². The van der Waals surface area contributed by atoms with E-state index < -0.39 is 0 Å². The van der Waals surface area contributed by atoms with E-state index in [1.807, 2.05) is 0 Å². The molecule has 0 aliphatic rings. The van der Waals surface area contributed by atoms with Gasteiger partial charge in [0.2, 0.25) is 0 Å². The van der Waals surface area contributed by atoms with Gasteiger partial charge in [-0.3, -0.25) is 0 Å². The standard InChI is InChI=1S/C48H32N2.C46H30N2.C42H28N2/c1-4-12-33(13-5-1)35-20-25-40(26-21-35)50-47-27-22-36(34-14-6-2-7-15-34)30-43(47)44-32-38(24-29-48(44)50)37-23-28-46-42(31-37)41-18-10-11-19-45(41)49(46)39-16-8-3-9-17-39;1-3-12-31(13-4-1)33-22-26-45-40(28-33)41-30-35(24-27-46(41)48(45)42-21-11-15-32-14-7-8-18-37(32)42)34-23-25-44-39(29-34)38-19-9-10-20-43(38)47(44)36-16-5-2-6-17-36;1-4-12-29(13-5-1)30-20-23-41-37(26-30)38-28-32(22-25-42(38)44(41)34-16-8-3-9-17-34)31-21-24-40-36(27-31)35-18-10-11-19-39(35)43(40)33-14-6-2-7-15-33/h1-32H;1-30H;1-28H. The van der Waals surface area contributed by atoms with Crippen LogP contribution in [0.1, 0.15) is 0 Å². The van der Waals surface area contributed by atoms with Gasteiger partial charge < -0.3 is 27.4 Å². The van der Waals surface area contributed by atoms with E-state index in [0.29, 0.717) is 0 Å². The van der Waals surface area contributed by atoms with Crippen LogP contribution in [-0.2, 0) is 0 Å². The summed E-state index contributed by atoms with van der Waals surface area (Å²) < 4.78 is 14.4. The monoisotopic (exact) mass is 1810 g/mol. The third kappa shape index (κ3) is 14.3. The van der Waals surface area contributed by atoms with Crippen LogP contribution in [0.5, 0.6) is 0 Å². The summed E-state index contributed by atoms with van der Waals surface area (Å²) in [6.45, 7) is 0. The Morgan fingerprint density at radius 3 is 0.528 bits per heavy atom. The highest BCUT2D eigenvalue weighted by atomic mass is 15.0. The number of para-hydroxylation sites is 7. The fraction of sp³-hybridized carbons (Fsp3) is 0. The third-order valence-corrected chi connectivity index (χ3v) is 28.9. The minimum atomic E-state index is 1.15. The molecule has 664 valence electrons. The first kappa shape index (κ1) is 82.6. The smallest absolute Gasteiger partial charge is 0.0541 e. The van der Waals surface area contributed by atoms with Crippen molar-refractivity contribution in [2.24, 2.45) is 0 Å². The van der Waals surface area contributed by atoms with E-state index in [0.717, 1.165) is 5.69 Å². The van der Waals surface area contributed by atoms with Crippen molar-refractivity contribution >= 4 is 142 Å². The van der Waals surface area contributed by atoms with Crippen LogP contribution in [0.15, 0.2) is 546 Å². The van der Waals surface area contributed by atoms with Crippen molar-refractivity contribution in [1.29, 1.82) is 0 Å². The molecule has 0 saturated carbocycles. The summed E-state index contributed by atoms with van der Waals surface area (Å²) in [6, 6.07) is 198. The van der Waals surface area contributed by atoms with E-state index in [1.165, 1.54) is 248 Å². The van der Waals surface area contributed by atoms with Gasteiger partial charge in [-0.2, -0.15) is 0 Å². The molecular formula is C136H90N6. The minimum Gasteiger partial charge on any atom is -0.309 e. The van der Waals surface area contributed by atoms with Crippen molar-refractivity contribution in [3.05, 3.63) is 546 Å². The second kappa shape index (κ2) is 34.7. The van der Waals surface area contributed by atoms with E-state index in [-0.39, 0.29) is 0 Å². The number of aromatic nitrogens is 6. The van der Waals surface area contributed by atoms with Gasteiger partial charge in [-0.1, -0.05) is 352 Å². The maximum absolute atomic E-state index is 2.45. The van der Waals surface area contributed by atoms with Crippen LogP contribution in [-0.4, -0.2) is 27.4 Å². The van der Waals surface area contributed by atoms with Gasteiger partial charge in [0.15, 0.2) is 0 Å². The molecule has 0 bridgehead atoms. The number of hydrogen-bond donors (Lipinski definition) is 0. The molecule has 29 aromatic rings. The lowest BCUT2D eigenvalue weighted by Gasteiger charge is -2.12. The normalized spacial score (nSPS) is 11.7. The van der Waals surface area contributed by atoms with Crippen LogP contribution in [0.3, 0.4) is 0 Å². The van der Waals surface area contributed by atoms with Crippen molar-refractivity contribution in [3.8, 4) is 112 Å². The molecule has 142 heavy (non-hydrogen) atoms. The van der Waals surface area contributed by atoms with Crippen molar-refractivity contribution in [3.63, 3.8) is 0 Å². The zero-order valence-corrected chi connectivity index (χ0v) is 77.6. The molecule has 0 aliphatic carbocycles. The summed E-state index contributed by atoms with van der Waals surface area (Å²) in [4.78, 5) is 0. The number of rotatable bonds is 13. The first-order valence-electron chi connectivity index (χ1n) is 48.8. The Hall–Kier alpha value is -18.9. The highest BCUT2D eigenvalue weighted by Crippen LogP contribution is 2.47. The van der Waals surface area contributed by atoms with Gasteiger partial charge in [-0.25, -0.2) is 0 Å². The van der Waals surface area contributed by atoms with E-state index in [1.54, 1.807) is 0 Å². The average molecular weight is 1810 g/mol. The van der Waals surface area contributed by atoms with Crippen LogP contribution in [0, 0.1) is 0 Å². The van der Waals surface area contributed by atoms with Gasteiger partial charge in [-0.15, -0.1) is 0 Å². The molecule has 0 spiro atoms. The van der Waals surface area contributed by atoms with Crippen molar-refractivity contribution in [2.75, 3.05) is 0 Å². The zero-order valence-electron chi connectivity index (χ0n) is 77.6. The Bertz CT molecular complexity index is 9920. The number of hydrogen-bond acceptors (Lipinski definition) is 0. The predicted molar refractivity (Wildman–Crippen MR) is 601 cm³/mol. The maximum atomic E-state index is 2.45. The Morgan fingerprint density at radius 1 is 0.0915 bits per heavy atom. The van der Waals surface area contributed by atoms with Gasteiger partial charge in [-0.05, 0) is 277 Å². The molecule has 0 aliphatic heterocycles. The molecule has 0 N–H and O–H groups in total. The van der Waals surface area contributed by atoms with Gasteiger partial charge in [0, 0.05) is 98.5 Å². The lowest BCUT2D eigenvalue weighted by Crippen LogP contribution is -1.95. The second-order valence-electron chi connectivity index (χ2n) is 37.0. The van der Waals surface area contributed by atoms with Crippen LogP contribution in [0.25, 0.3) is 254 Å². The molecule has 0 unspecified atom stereocenters. The van der Waals surface area contributed by atoms with Crippen molar-refractivity contribution in [2.45, 2.75) is 0 Å². The maximum Gasteiger partial charge on any atom is 0.0541 e. The summed E-state index contributed by atoms with van der Waals surface area (Å²) >= 11 is 0. The first-order chi connectivity index (χ1) is 70.4. The zero-order chi connectivity index (χ0) is 93.7. The molecule has 0 radical (unpaired) electrons. The Morgan fingerprint density at radius 2 is 0.261 bits per heavy atom. The van der Waals surface area contributed by atoms with Crippen LogP contribution >= 0.6 is 0 Å². The van der Waals surface area contributed by atoms with Crippen LogP contribution in [0.4, 0.5) is 0 Å². The Labute approximate surface area is 821 Å². The van der Waals surface area contributed by atoms with Gasteiger partial charge in [0.1, 0.15) is 0 Å². The summed E-state index contributed by atoms with van der Waals surface area (Å²) in [6.07, 6.45) is 0. The van der Waals surface area contributed by atoms with Crippen LogP contribution < -0.4 is 0 Å². The molecule has 23 aromatic carbocycles. The molecule has 0 saturated heterocycles. The molecule has 6 heterocycles. The largest absolute Gasteiger partial charge is 0.309 e. The first-order valence-corrected chi connectivity index (χ1v) is 48.8.